The predicted molar refractivity (Wildman–Crippen MR) is 54.7 cm³/mol. The topological polar surface area (TPSA) is 52.6 Å². The fraction of sp³-hybridized carbons (Fsp3) is 0.200. The first-order valence-corrected chi connectivity index (χ1v) is 4.44. The van der Waals surface area contributed by atoms with Gasteiger partial charge in [-0.25, -0.2) is 0 Å². The normalized spacial score (nSPS) is 9.53. The van der Waals surface area contributed by atoms with E-state index in [-0.39, 0.29) is 5.56 Å². The monoisotopic (exact) mass is 228 g/mol. The van der Waals surface area contributed by atoms with Crippen molar-refractivity contribution in [2.45, 2.75) is 0 Å². The highest BCUT2D eigenvalue weighted by Crippen LogP contribution is 2.27. The number of carbonyl (C=O) groups excluding carboxylic acids is 2. The second-order valence-electron chi connectivity index (χ2n) is 2.67. The van der Waals surface area contributed by atoms with Gasteiger partial charge in [0, 0.05) is 5.56 Å². The van der Waals surface area contributed by atoms with Gasteiger partial charge >= 0.3 is 0 Å². The quantitative estimate of drug-likeness (QED) is 0.447. The van der Waals surface area contributed by atoms with Crippen LogP contribution in [0.25, 0.3) is 0 Å². The molecule has 0 unspecified atom stereocenters. The van der Waals surface area contributed by atoms with Crippen LogP contribution in [0.15, 0.2) is 18.2 Å². The summed E-state index contributed by atoms with van der Waals surface area (Å²) in [6, 6.07) is 4.39. The van der Waals surface area contributed by atoms with Crippen LogP contribution in [0.3, 0.4) is 0 Å². The fourth-order valence-corrected chi connectivity index (χ4v) is 1.20. The maximum absolute atomic E-state index is 11.2. The van der Waals surface area contributed by atoms with E-state index in [4.69, 9.17) is 21.1 Å². The zero-order valence-corrected chi connectivity index (χ0v) is 9.00. The van der Waals surface area contributed by atoms with Gasteiger partial charge in [0.15, 0.2) is 11.5 Å². The van der Waals surface area contributed by atoms with Gasteiger partial charge in [-0.3, -0.25) is 9.59 Å². The lowest BCUT2D eigenvalue weighted by Gasteiger charge is -2.07. The molecule has 0 heterocycles. The van der Waals surface area contributed by atoms with Crippen LogP contribution in [-0.2, 0) is 4.79 Å². The Balaban J connectivity index is 3.13. The lowest BCUT2D eigenvalue weighted by molar-refractivity contribution is -0.108. The van der Waals surface area contributed by atoms with Gasteiger partial charge in [0.05, 0.1) is 14.2 Å². The van der Waals surface area contributed by atoms with E-state index in [1.54, 1.807) is 0 Å². The van der Waals surface area contributed by atoms with E-state index >= 15 is 0 Å². The van der Waals surface area contributed by atoms with Crippen molar-refractivity contribution in [2.24, 2.45) is 0 Å². The minimum Gasteiger partial charge on any atom is -0.493 e. The van der Waals surface area contributed by atoms with E-state index in [9.17, 15) is 9.59 Å². The number of benzene rings is 1. The molecule has 0 spiro atoms. The van der Waals surface area contributed by atoms with Crippen LogP contribution in [0.2, 0.25) is 0 Å². The van der Waals surface area contributed by atoms with Gasteiger partial charge in [-0.2, -0.15) is 0 Å². The van der Waals surface area contributed by atoms with Crippen molar-refractivity contribution >= 4 is 22.6 Å². The highest BCUT2D eigenvalue weighted by Gasteiger charge is 2.15. The summed E-state index contributed by atoms with van der Waals surface area (Å²) in [6.07, 6.45) is 0. The smallest absolute Gasteiger partial charge is 0.293 e. The minimum atomic E-state index is -1.03. The second-order valence-corrected chi connectivity index (χ2v) is 3.02. The average Bonchev–Trinajstić information content (AvgIpc) is 2.26. The second kappa shape index (κ2) is 4.79. The Morgan fingerprint density at radius 3 is 2.20 bits per heavy atom. The Bertz CT molecular complexity index is 400. The van der Waals surface area contributed by atoms with Gasteiger partial charge in [-0.1, -0.05) is 0 Å². The molecule has 0 amide bonds. The highest BCUT2D eigenvalue weighted by atomic mass is 35.5. The summed E-state index contributed by atoms with van der Waals surface area (Å²) in [4.78, 5) is 21.9. The molecule has 0 aliphatic heterocycles. The van der Waals surface area contributed by atoms with Gasteiger partial charge < -0.3 is 9.47 Å². The molecule has 0 radical (unpaired) electrons. The zero-order valence-electron chi connectivity index (χ0n) is 8.24. The molecular formula is C10H9ClO4. The number of methoxy groups -OCH3 is 2. The van der Waals surface area contributed by atoms with E-state index in [1.165, 1.54) is 32.4 Å². The van der Waals surface area contributed by atoms with Crippen molar-refractivity contribution in [3.8, 4) is 11.5 Å². The Hall–Kier alpha value is -1.55. The lowest BCUT2D eigenvalue weighted by atomic mass is 10.1. The van der Waals surface area contributed by atoms with Crippen LogP contribution in [0.5, 0.6) is 11.5 Å². The molecule has 0 saturated carbocycles. The van der Waals surface area contributed by atoms with Crippen molar-refractivity contribution < 1.29 is 19.1 Å². The average molecular weight is 229 g/mol. The molecule has 15 heavy (non-hydrogen) atoms. The number of ether oxygens (including phenoxy) is 2. The number of ketones is 1. The number of Topliss-reactive ketones (excluding diaryl/α,β-unsaturated/α-hetero) is 1. The molecule has 0 saturated heterocycles. The molecule has 4 nitrogen and oxygen atoms in total. The Labute approximate surface area is 91.7 Å². The van der Waals surface area contributed by atoms with Crippen molar-refractivity contribution in [2.75, 3.05) is 14.2 Å². The van der Waals surface area contributed by atoms with Gasteiger partial charge in [-0.15, -0.1) is 0 Å². The molecule has 80 valence electrons. The Kier molecular flexibility index (Phi) is 3.68. The SMILES string of the molecule is COc1ccc(C(=O)C(=O)Cl)cc1OC. The minimum absolute atomic E-state index is 0.174. The molecule has 0 fully saturated rings. The largest absolute Gasteiger partial charge is 0.493 e. The molecule has 0 aliphatic rings. The lowest BCUT2D eigenvalue weighted by Crippen LogP contribution is -2.07. The van der Waals surface area contributed by atoms with E-state index in [0.29, 0.717) is 11.5 Å². The van der Waals surface area contributed by atoms with E-state index in [1.807, 2.05) is 0 Å². The molecule has 0 aromatic heterocycles. The number of halogens is 1. The van der Waals surface area contributed by atoms with Gasteiger partial charge in [0.25, 0.3) is 5.24 Å². The summed E-state index contributed by atoms with van der Waals surface area (Å²) >= 11 is 5.07. The van der Waals surface area contributed by atoms with Gasteiger partial charge in [0.1, 0.15) is 0 Å². The molecule has 0 atom stereocenters. The van der Waals surface area contributed by atoms with Crippen molar-refractivity contribution in [3.05, 3.63) is 23.8 Å². The molecule has 0 aliphatic carbocycles. The summed E-state index contributed by atoms with van der Waals surface area (Å²) in [5, 5.41) is -1.03. The number of rotatable bonds is 4. The van der Waals surface area contributed by atoms with E-state index < -0.39 is 11.0 Å². The summed E-state index contributed by atoms with van der Waals surface area (Å²) in [6.45, 7) is 0. The maximum Gasteiger partial charge on any atom is 0.293 e. The molecule has 0 bridgehead atoms. The van der Waals surface area contributed by atoms with Crippen molar-refractivity contribution in [3.63, 3.8) is 0 Å². The number of carbonyl (C=O) groups is 2. The third-order valence-electron chi connectivity index (χ3n) is 1.82. The first-order chi connectivity index (χ1) is 7.10. The van der Waals surface area contributed by atoms with Crippen LogP contribution < -0.4 is 9.47 Å². The third kappa shape index (κ3) is 2.47. The molecule has 1 aromatic carbocycles. The van der Waals surface area contributed by atoms with E-state index in [0.717, 1.165) is 0 Å². The maximum atomic E-state index is 11.2. The molecule has 1 aromatic rings. The van der Waals surface area contributed by atoms with E-state index in [2.05, 4.69) is 0 Å². The summed E-state index contributed by atoms with van der Waals surface area (Å²) in [7, 11) is 2.92. The van der Waals surface area contributed by atoms with Crippen molar-refractivity contribution in [1.82, 2.24) is 0 Å². The molecular weight excluding hydrogens is 220 g/mol. The van der Waals surface area contributed by atoms with Crippen LogP contribution in [0, 0.1) is 0 Å². The van der Waals surface area contributed by atoms with Crippen LogP contribution >= 0.6 is 11.6 Å². The van der Waals surface area contributed by atoms with Crippen LogP contribution in [0.1, 0.15) is 10.4 Å². The molecule has 5 heteroatoms. The Morgan fingerprint density at radius 2 is 1.73 bits per heavy atom. The number of hydrogen-bond donors (Lipinski definition) is 0. The highest BCUT2D eigenvalue weighted by molar-refractivity contribution is 6.83. The fourth-order valence-electron chi connectivity index (χ4n) is 1.09. The van der Waals surface area contributed by atoms with Crippen molar-refractivity contribution in [1.29, 1.82) is 0 Å². The molecule has 1 rings (SSSR count). The summed E-state index contributed by atoms with van der Waals surface area (Å²) in [5.41, 5.74) is 0.174. The van der Waals surface area contributed by atoms with Crippen LogP contribution in [0.4, 0.5) is 0 Å². The Morgan fingerprint density at radius 1 is 1.13 bits per heavy atom. The standard InChI is InChI=1S/C10H9ClO4/c1-14-7-4-3-6(5-8(7)15-2)9(12)10(11)13/h3-5H,1-2H3. The third-order valence-corrected chi connectivity index (χ3v) is 2.00. The van der Waals surface area contributed by atoms with Gasteiger partial charge in [0.2, 0.25) is 5.78 Å². The van der Waals surface area contributed by atoms with Gasteiger partial charge in [-0.05, 0) is 29.8 Å². The summed E-state index contributed by atoms with van der Waals surface area (Å²) < 4.78 is 9.95. The summed E-state index contributed by atoms with van der Waals surface area (Å²) in [5.74, 6) is 0.0926. The van der Waals surface area contributed by atoms with Crippen LogP contribution in [-0.4, -0.2) is 25.2 Å². The predicted octanol–water partition coefficient (Wildman–Crippen LogP) is 1.65. The first kappa shape index (κ1) is 11.5. The first-order valence-electron chi connectivity index (χ1n) is 4.06. The number of hydrogen-bond acceptors (Lipinski definition) is 4. The molecule has 0 N–H and O–H groups in total. The zero-order chi connectivity index (χ0) is 11.4.